The molecule has 0 bridgehead atoms. The summed E-state index contributed by atoms with van der Waals surface area (Å²) < 4.78 is 0. The fourth-order valence-electron chi connectivity index (χ4n) is 2.03. The van der Waals surface area contributed by atoms with Gasteiger partial charge in [-0.05, 0) is 39.0 Å². The van der Waals surface area contributed by atoms with Crippen LogP contribution >= 0.6 is 0 Å². The molecule has 0 unspecified atom stereocenters. The number of hydrogen-bond donors (Lipinski definition) is 3. The van der Waals surface area contributed by atoms with Crippen molar-refractivity contribution in [2.45, 2.75) is 12.8 Å². The largest absolute Gasteiger partial charge is 0.315 e. The first-order valence-corrected chi connectivity index (χ1v) is 6.89. The Hall–Kier alpha value is -0.420. The Morgan fingerprint density at radius 2 is 1.47 bits per heavy atom. The molecule has 0 amide bonds. The van der Waals surface area contributed by atoms with Gasteiger partial charge < -0.3 is 16.0 Å². The highest BCUT2D eigenvalue weighted by atomic mass is 15.1. The SMILES string of the molecule is C=CCN1CCCNCCNCCCNCC1. The standard InChI is InChI=1S/C13H28N4/c1-2-11-17-12-4-7-15-9-8-14-5-3-6-16-10-13-17/h2,14-16H,1,3-13H2. The van der Waals surface area contributed by atoms with E-state index in [1.165, 1.54) is 12.8 Å². The molecule has 1 fully saturated rings. The Balaban J connectivity index is 2.21. The van der Waals surface area contributed by atoms with Crippen molar-refractivity contribution in [2.75, 3.05) is 58.9 Å². The number of nitrogens with one attached hydrogen (secondary N) is 3. The second-order valence-corrected chi connectivity index (χ2v) is 4.55. The molecule has 3 N–H and O–H groups in total. The molecule has 1 heterocycles. The van der Waals surface area contributed by atoms with E-state index in [2.05, 4.69) is 27.4 Å². The quantitative estimate of drug-likeness (QED) is 0.596. The van der Waals surface area contributed by atoms with Gasteiger partial charge >= 0.3 is 0 Å². The smallest absolute Gasteiger partial charge is 0.0161 e. The first-order valence-electron chi connectivity index (χ1n) is 6.89. The summed E-state index contributed by atoms with van der Waals surface area (Å²) in [5, 5.41) is 10.4. The van der Waals surface area contributed by atoms with Gasteiger partial charge in [0.2, 0.25) is 0 Å². The topological polar surface area (TPSA) is 39.3 Å². The van der Waals surface area contributed by atoms with Crippen molar-refractivity contribution in [2.24, 2.45) is 0 Å². The molecule has 0 aliphatic carbocycles. The summed E-state index contributed by atoms with van der Waals surface area (Å²) in [5.41, 5.74) is 0. The van der Waals surface area contributed by atoms with Crippen molar-refractivity contribution < 1.29 is 0 Å². The summed E-state index contributed by atoms with van der Waals surface area (Å²) in [6, 6.07) is 0. The molecule has 1 aliphatic heterocycles. The molecular formula is C13H28N4. The molecule has 17 heavy (non-hydrogen) atoms. The van der Waals surface area contributed by atoms with Crippen LogP contribution in [0.3, 0.4) is 0 Å². The third kappa shape index (κ3) is 8.32. The molecule has 0 aromatic heterocycles. The van der Waals surface area contributed by atoms with E-state index in [-0.39, 0.29) is 0 Å². The monoisotopic (exact) mass is 240 g/mol. The lowest BCUT2D eigenvalue weighted by molar-refractivity contribution is 0.294. The van der Waals surface area contributed by atoms with Gasteiger partial charge in [-0.1, -0.05) is 6.08 Å². The predicted octanol–water partition coefficient (Wildman–Crippen LogP) is 0.0370. The Kier molecular flexibility index (Phi) is 9.23. The highest BCUT2D eigenvalue weighted by Crippen LogP contribution is 1.91. The zero-order valence-electron chi connectivity index (χ0n) is 11.0. The maximum absolute atomic E-state index is 3.83. The van der Waals surface area contributed by atoms with Crippen molar-refractivity contribution in [3.8, 4) is 0 Å². The minimum Gasteiger partial charge on any atom is -0.315 e. The van der Waals surface area contributed by atoms with Crippen molar-refractivity contribution in [3.63, 3.8) is 0 Å². The highest BCUT2D eigenvalue weighted by molar-refractivity contribution is 4.74. The van der Waals surface area contributed by atoms with E-state index in [1.807, 2.05) is 6.08 Å². The van der Waals surface area contributed by atoms with Crippen LogP contribution in [0.25, 0.3) is 0 Å². The predicted molar refractivity (Wildman–Crippen MR) is 74.5 cm³/mol. The maximum atomic E-state index is 3.83. The Morgan fingerprint density at radius 1 is 0.824 bits per heavy atom. The third-order valence-electron chi connectivity index (χ3n) is 3.01. The molecule has 4 nitrogen and oxygen atoms in total. The summed E-state index contributed by atoms with van der Waals surface area (Å²) in [7, 11) is 0. The van der Waals surface area contributed by atoms with Crippen LogP contribution in [0.15, 0.2) is 12.7 Å². The van der Waals surface area contributed by atoms with Crippen LogP contribution in [-0.4, -0.2) is 63.8 Å². The average Bonchev–Trinajstić information content (AvgIpc) is 2.34. The molecule has 1 rings (SSSR count). The molecule has 0 aromatic rings. The second kappa shape index (κ2) is 10.7. The van der Waals surface area contributed by atoms with E-state index in [4.69, 9.17) is 0 Å². The Bertz CT molecular complexity index is 170. The lowest BCUT2D eigenvalue weighted by Gasteiger charge is -2.21. The second-order valence-electron chi connectivity index (χ2n) is 4.55. The summed E-state index contributed by atoms with van der Waals surface area (Å²) in [4.78, 5) is 2.46. The zero-order valence-corrected chi connectivity index (χ0v) is 11.0. The maximum Gasteiger partial charge on any atom is 0.0161 e. The van der Waals surface area contributed by atoms with E-state index < -0.39 is 0 Å². The van der Waals surface area contributed by atoms with E-state index in [1.54, 1.807) is 0 Å². The van der Waals surface area contributed by atoms with Gasteiger partial charge in [0.25, 0.3) is 0 Å². The highest BCUT2D eigenvalue weighted by Gasteiger charge is 2.02. The molecular weight excluding hydrogens is 212 g/mol. The molecule has 100 valence electrons. The van der Waals surface area contributed by atoms with Crippen LogP contribution in [0.1, 0.15) is 12.8 Å². The minimum absolute atomic E-state index is 1.00. The van der Waals surface area contributed by atoms with Gasteiger partial charge in [0, 0.05) is 32.7 Å². The lowest BCUT2D eigenvalue weighted by atomic mass is 10.3. The number of nitrogens with zero attached hydrogens (tertiary/aromatic N) is 1. The van der Waals surface area contributed by atoms with Crippen molar-refractivity contribution in [3.05, 3.63) is 12.7 Å². The van der Waals surface area contributed by atoms with Crippen LogP contribution in [0.4, 0.5) is 0 Å². The minimum atomic E-state index is 1.00. The fraction of sp³-hybridized carbons (Fsp3) is 0.846. The Labute approximate surface area is 106 Å². The molecule has 0 atom stereocenters. The number of rotatable bonds is 2. The van der Waals surface area contributed by atoms with Crippen molar-refractivity contribution in [1.29, 1.82) is 0 Å². The van der Waals surface area contributed by atoms with Crippen LogP contribution in [-0.2, 0) is 0 Å². The van der Waals surface area contributed by atoms with Gasteiger partial charge in [-0.2, -0.15) is 0 Å². The molecule has 0 saturated carbocycles. The molecule has 1 aliphatic rings. The van der Waals surface area contributed by atoms with Gasteiger partial charge in [0.05, 0.1) is 0 Å². The van der Waals surface area contributed by atoms with Crippen LogP contribution in [0.5, 0.6) is 0 Å². The van der Waals surface area contributed by atoms with E-state index in [0.29, 0.717) is 0 Å². The molecule has 1 saturated heterocycles. The van der Waals surface area contributed by atoms with Gasteiger partial charge in [0.1, 0.15) is 0 Å². The first-order chi connectivity index (χ1) is 8.43. The summed E-state index contributed by atoms with van der Waals surface area (Å²) >= 11 is 0. The third-order valence-corrected chi connectivity index (χ3v) is 3.01. The van der Waals surface area contributed by atoms with E-state index in [9.17, 15) is 0 Å². The van der Waals surface area contributed by atoms with Crippen LogP contribution in [0.2, 0.25) is 0 Å². The summed E-state index contributed by atoms with van der Waals surface area (Å²) in [6.07, 6.45) is 4.43. The van der Waals surface area contributed by atoms with Gasteiger partial charge in [0.15, 0.2) is 0 Å². The molecule has 4 heteroatoms. The number of hydrogen-bond acceptors (Lipinski definition) is 4. The zero-order chi connectivity index (χ0) is 12.2. The van der Waals surface area contributed by atoms with E-state index >= 15 is 0 Å². The molecule has 0 spiro atoms. The fourth-order valence-corrected chi connectivity index (χ4v) is 2.03. The van der Waals surface area contributed by atoms with Crippen LogP contribution in [0, 0.1) is 0 Å². The van der Waals surface area contributed by atoms with Crippen molar-refractivity contribution >= 4 is 0 Å². The Morgan fingerprint density at radius 3 is 2.18 bits per heavy atom. The van der Waals surface area contributed by atoms with Crippen molar-refractivity contribution in [1.82, 2.24) is 20.9 Å². The first kappa shape index (κ1) is 14.6. The van der Waals surface area contributed by atoms with E-state index in [0.717, 1.165) is 58.9 Å². The van der Waals surface area contributed by atoms with Gasteiger partial charge in [-0.25, -0.2) is 0 Å². The summed E-state index contributed by atoms with van der Waals surface area (Å²) in [5.74, 6) is 0. The molecule has 0 radical (unpaired) electrons. The van der Waals surface area contributed by atoms with Crippen LogP contribution < -0.4 is 16.0 Å². The lowest BCUT2D eigenvalue weighted by Crippen LogP contribution is -2.36. The van der Waals surface area contributed by atoms with Gasteiger partial charge in [-0.15, -0.1) is 6.58 Å². The van der Waals surface area contributed by atoms with Gasteiger partial charge in [-0.3, -0.25) is 4.90 Å². The summed E-state index contributed by atoms with van der Waals surface area (Å²) in [6.45, 7) is 13.7. The average molecular weight is 240 g/mol. The normalized spacial score (nSPS) is 22.8. The molecule has 0 aromatic carbocycles.